The van der Waals surface area contributed by atoms with Crippen molar-refractivity contribution in [1.29, 1.82) is 0 Å². The van der Waals surface area contributed by atoms with E-state index in [1.807, 2.05) is 60.7 Å². The van der Waals surface area contributed by atoms with E-state index >= 15 is 0 Å². The summed E-state index contributed by atoms with van der Waals surface area (Å²) in [5.74, 6) is -0.999. The minimum Gasteiger partial charge on any atom is -0.451 e. The van der Waals surface area contributed by atoms with E-state index in [0.29, 0.717) is 18.1 Å². The third kappa shape index (κ3) is 6.28. The topological polar surface area (TPSA) is 80.3 Å². The molecule has 7 heteroatoms. The number of anilines is 1. The van der Waals surface area contributed by atoms with Crippen molar-refractivity contribution in [3.63, 3.8) is 0 Å². The van der Waals surface area contributed by atoms with Crippen LogP contribution in [0.2, 0.25) is 0 Å². The number of rotatable bonds is 10. The van der Waals surface area contributed by atoms with Crippen molar-refractivity contribution in [3.05, 3.63) is 95.5 Å². The Balaban J connectivity index is 1.58. The average Bonchev–Trinajstić information content (AvgIpc) is 3.26. The molecule has 3 aromatic rings. The summed E-state index contributed by atoms with van der Waals surface area (Å²) >= 11 is 1.29. The predicted octanol–water partition coefficient (Wildman–Crippen LogP) is 4.00. The average molecular weight is 422 g/mol. The molecule has 30 heavy (non-hydrogen) atoms. The minimum absolute atomic E-state index is 0.170. The molecular weight excluding hydrogens is 398 g/mol. The molecule has 0 fully saturated rings. The normalized spacial score (nSPS) is 11.3. The molecule has 1 unspecified atom stereocenters. The van der Waals surface area contributed by atoms with Crippen LogP contribution in [0, 0.1) is 0 Å². The van der Waals surface area contributed by atoms with Gasteiger partial charge in [0.05, 0.1) is 6.04 Å². The highest BCUT2D eigenvalue weighted by Gasteiger charge is 2.18. The van der Waals surface area contributed by atoms with Crippen LogP contribution < -0.4 is 10.6 Å². The van der Waals surface area contributed by atoms with Crippen molar-refractivity contribution in [2.45, 2.75) is 12.5 Å². The van der Waals surface area contributed by atoms with Crippen molar-refractivity contribution in [2.24, 2.45) is 0 Å². The summed E-state index contributed by atoms with van der Waals surface area (Å²) in [6.07, 6.45) is 2.33. The Morgan fingerprint density at radius 1 is 1.10 bits per heavy atom. The van der Waals surface area contributed by atoms with Crippen molar-refractivity contribution < 1.29 is 14.3 Å². The van der Waals surface area contributed by atoms with Gasteiger partial charge < -0.3 is 15.4 Å². The fourth-order valence-corrected chi connectivity index (χ4v) is 3.53. The lowest BCUT2D eigenvalue weighted by atomic mass is 9.99. The Kier molecular flexibility index (Phi) is 7.74. The third-order valence-electron chi connectivity index (χ3n) is 4.27. The van der Waals surface area contributed by atoms with Crippen LogP contribution in [-0.2, 0) is 16.0 Å². The van der Waals surface area contributed by atoms with Crippen LogP contribution in [0.5, 0.6) is 0 Å². The number of carbonyl (C=O) groups is 2. The summed E-state index contributed by atoms with van der Waals surface area (Å²) < 4.78 is 5.14. The Labute approximate surface area is 179 Å². The van der Waals surface area contributed by atoms with Crippen molar-refractivity contribution in [3.8, 4) is 0 Å². The number of thiazole rings is 1. The zero-order valence-electron chi connectivity index (χ0n) is 16.4. The quantitative estimate of drug-likeness (QED) is 0.382. The maximum Gasteiger partial charge on any atom is 0.358 e. The van der Waals surface area contributed by atoms with Crippen LogP contribution in [0.15, 0.2) is 78.7 Å². The lowest BCUT2D eigenvalue weighted by Crippen LogP contribution is -2.33. The number of carbonyl (C=O) groups excluding carboxylic acids is 2. The second-order valence-electron chi connectivity index (χ2n) is 6.50. The van der Waals surface area contributed by atoms with Gasteiger partial charge in [0.1, 0.15) is 0 Å². The van der Waals surface area contributed by atoms with Crippen LogP contribution >= 0.6 is 11.3 Å². The molecule has 154 valence electrons. The Morgan fingerprint density at radius 3 is 2.50 bits per heavy atom. The maximum atomic E-state index is 12.5. The molecule has 1 atom stereocenters. The summed E-state index contributed by atoms with van der Waals surface area (Å²) in [6.45, 7) is 3.79. The van der Waals surface area contributed by atoms with Gasteiger partial charge in [-0.15, -0.1) is 17.9 Å². The number of esters is 1. The number of ether oxygens (including phenoxy) is 1. The number of hydrogen-bond acceptors (Lipinski definition) is 6. The van der Waals surface area contributed by atoms with E-state index in [4.69, 9.17) is 4.74 Å². The molecule has 1 heterocycles. The molecule has 0 saturated heterocycles. The first-order chi connectivity index (χ1) is 14.7. The number of aromatic nitrogens is 1. The zero-order valence-corrected chi connectivity index (χ0v) is 17.2. The predicted molar refractivity (Wildman–Crippen MR) is 119 cm³/mol. The molecule has 6 nitrogen and oxygen atoms in total. The Morgan fingerprint density at radius 2 is 1.80 bits per heavy atom. The van der Waals surface area contributed by atoms with Crippen LogP contribution in [0.1, 0.15) is 27.7 Å². The van der Waals surface area contributed by atoms with Crippen molar-refractivity contribution in [1.82, 2.24) is 10.3 Å². The highest BCUT2D eigenvalue weighted by molar-refractivity contribution is 7.13. The fraction of sp³-hybridized carbons (Fsp3) is 0.174. The maximum absolute atomic E-state index is 12.5. The molecule has 3 rings (SSSR count). The van der Waals surface area contributed by atoms with E-state index in [1.165, 1.54) is 11.3 Å². The van der Waals surface area contributed by atoms with Gasteiger partial charge in [-0.05, 0) is 17.5 Å². The smallest absolute Gasteiger partial charge is 0.358 e. The number of benzene rings is 2. The molecule has 0 radical (unpaired) electrons. The van der Waals surface area contributed by atoms with Crippen LogP contribution in [-0.4, -0.2) is 30.0 Å². The number of nitrogens with one attached hydrogen (secondary N) is 2. The molecule has 2 N–H and O–H groups in total. The number of amides is 1. The Hall–Kier alpha value is -3.45. The Bertz CT molecular complexity index is 974. The lowest BCUT2D eigenvalue weighted by molar-refractivity contribution is -0.125. The molecule has 0 saturated carbocycles. The van der Waals surface area contributed by atoms with Crippen LogP contribution in [0.4, 0.5) is 5.13 Å². The van der Waals surface area contributed by atoms with Crippen LogP contribution in [0.3, 0.4) is 0 Å². The molecule has 0 spiro atoms. The summed E-state index contributed by atoms with van der Waals surface area (Å²) in [5.41, 5.74) is 2.26. The molecule has 0 aliphatic heterocycles. The van der Waals surface area contributed by atoms with E-state index in [9.17, 15) is 9.59 Å². The van der Waals surface area contributed by atoms with Gasteiger partial charge in [-0.3, -0.25) is 4.79 Å². The van der Waals surface area contributed by atoms with E-state index in [2.05, 4.69) is 22.2 Å². The van der Waals surface area contributed by atoms with Gasteiger partial charge in [0.15, 0.2) is 17.4 Å². The first kappa shape index (κ1) is 21.3. The van der Waals surface area contributed by atoms with Gasteiger partial charge in [0.2, 0.25) is 0 Å². The molecule has 0 aliphatic rings. The first-order valence-electron chi connectivity index (χ1n) is 9.51. The monoisotopic (exact) mass is 421 g/mol. The molecular formula is C23H23N3O3S. The van der Waals surface area contributed by atoms with E-state index in [-0.39, 0.29) is 24.2 Å². The molecule has 1 aromatic heterocycles. The van der Waals surface area contributed by atoms with Gasteiger partial charge in [0.25, 0.3) is 5.91 Å². The highest BCUT2D eigenvalue weighted by atomic mass is 32.1. The van der Waals surface area contributed by atoms with Crippen molar-refractivity contribution in [2.75, 3.05) is 18.5 Å². The largest absolute Gasteiger partial charge is 0.451 e. The minimum atomic E-state index is -0.632. The molecule has 1 amide bonds. The molecule has 0 bridgehead atoms. The van der Waals surface area contributed by atoms with Gasteiger partial charge in [-0.25, -0.2) is 9.78 Å². The summed E-state index contributed by atoms with van der Waals surface area (Å²) in [7, 11) is 0. The summed E-state index contributed by atoms with van der Waals surface area (Å²) in [5, 5.41) is 8.16. The second-order valence-corrected chi connectivity index (χ2v) is 7.36. The lowest BCUT2D eigenvalue weighted by Gasteiger charge is -2.19. The SMILES string of the molecule is C=CCNc1nc(C(=O)OCC(=O)NC(Cc2ccccc2)c2ccccc2)cs1. The molecule has 2 aromatic carbocycles. The van der Waals surface area contributed by atoms with E-state index in [0.717, 1.165) is 11.1 Å². The summed E-state index contributed by atoms with van der Waals surface area (Å²) in [6, 6.07) is 19.4. The van der Waals surface area contributed by atoms with E-state index in [1.54, 1.807) is 11.5 Å². The second kappa shape index (κ2) is 10.9. The number of nitrogens with zero attached hydrogens (tertiary/aromatic N) is 1. The van der Waals surface area contributed by atoms with Crippen molar-refractivity contribution >= 4 is 28.3 Å². The number of hydrogen-bond donors (Lipinski definition) is 2. The van der Waals surface area contributed by atoms with Gasteiger partial charge in [-0.1, -0.05) is 66.7 Å². The standard InChI is InChI=1S/C23H23N3O3S/c1-2-13-24-23-26-20(16-30-23)22(28)29-15-21(27)25-19(18-11-7-4-8-12-18)14-17-9-5-3-6-10-17/h2-12,16,19H,1,13-15H2,(H,24,26)(H,25,27). The third-order valence-corrected chi connectivity index (χ3v) is 5.07. The van der Waals surface area contributed by atoms with Crippen LogP contribution in [0.25, 0.3) is 0 Å². The fourth-order valence-electron chi connectivity index (χ4n) is 2.84. The van der Waals surface area contributed by atoms with E-state index < -0.39 is 5.97 Å². The van der Waals surface area contributed by atoms with Gasteiger partial charge >= 0.3 is 5.97 Å². The highest BCUT2D eigenvalue weighted by Crippen LogP contribution is 2.19. The van der Waals surface area contributed by atoms with Gasteiger partial charge in [0, 0.05) is 11.9 Å². The van der Waals surface area contributed by atoms with Gasteiger partial charge in [-0.2, -0.15) is 0 Å². The summed E-state index contributed by atoms with van der Waals surface area (Å²) in [4.78, 5) is 28.8. The zero-order chi connectivity index (χ0) is 21.2. The first-order valence-corrected chi connectivity index (χ1v) is 10.4. The molecule has 0 aliphatic carbocycles.